The molecule has 0 bridgehead atoms. The fourth-order valence-corrected chi connectivity index (χ4v) is 2.19. The molecule has 92 valence electrons. The lowest BCUT2D eigenvalue weighted by molar-refractivity contribution is 0.579. The third kappa shape index (κ3) is 4.63. The number of hydrogen-bond donors (Lipinski definition) is 2. The molecular formula is C8H13Cl2N3O2S. The van der Waals surface area contributed by atoms with E-state index in [2.05, 4.69) is 15.0 Å². The van der Waals surface area contributed by atoms with Gasteiger partial charge in [0.05, 0.1) is 5.02 Å². The molecule has 5 nitrogen and oxygen atoms in total. The maximum atomic E-state index is 11.6. The number of rotatable bonds is 5. The van der Waals surface area contributed by atoms with Crippen LogP contribution in [0.15, 0.2) is 23.4 Å². The van der Waals surface area contributed by atoms with Gasteiger partial charge in [-0.3, -0.25) is 4.98 Å². The summed E-state index contributed by atoms with van der Waals surface area (Å²) in [6.07, 6.45) is 2.64. The minimum absolute atomic E-state index is 0. The van der Waals surface area contributed by atoms with Gasteiger partial charge in [-0.2, -0.15) is 0 Å². The molecule has 0 unspecified atom stereocenters. The predicted octanol–water partition coefficient (Wildman–Crippen LogP) is 0.655. The summed E-state index contributed by atoms with van der Waals surface area (Å²) in [7, 11) is -1.75. The minimum Gasteiger partial charge on any atom is -0.318 e. The number of halogens is 2. The Bertz CT molecular complexity index is 425. The van der Waals surface area contributed by atoms with Gasteiger partial charge in [0.15, 0.2) is 0 Å². The van der Waals surface area contributed by atoms with E-state index in [1.807, 2.05) is 0 Å². The molecule has 16 heavy (non-hydrogen) atoms. The highest BCUT2D eigenvalue weighted by Gasteiger charge is 2.13. The van der Waals surface area contributed by atoms with Crippen LogP contribution in [0.25, 0.3) is 0 Å². The van der Waals surface area contributed by atoms with Crippen LogP contribution in [0, 0.1) is 0 Å². The predicted molar refractivity (Wildman–Crippen MR) is 65.6 cm³/mol. The molecule has 0 spiro atoms. The van der Waals surface area contributed by atoms with Crippen molar-refractivity contribution in [3.63, 3.8) is 0 Å². The Morgan fingerprint density at radius 1 is 1.38 bits per heavy atom. The molecule has 0 amide bonds. The summed E-state index contributed by atoms with van der Waals surface area (Å²) >= 11 is 5.65. The number of nitrogens with zero attached hydrogens (tertiary/aromatic N) is 1. The lowest BCUT2D eigenvalue weighted by Crippen LogP contribution is -2.30. The van der Waals surface area contributed by atoms with Crippen LogP contribution in [0.5, 0.6) is 0 Å². The van der Waals surface area contributed by atoms with Crippen molar-refractivity contribution in [3.05, 3.63) is 23.5 Å². The van der Waals surface area contributed by atoms with Gasteiger partial charge in [0.25, 0.3) is 0 Å². The molecule has 1 aromatic rings. The van der Waals surface area contributed by atoms with E-state index in [9.17, 15) is 8.42 Å². The van der Waals surface area contributed by atoms with Crippen molar-refractivity contribution in [2.45, 2.75) is 4.90 Å². The number of aromatic nitrogens is 1. The number of hydrogen-bond acceptors (Lipinski definition) is 4. The maximum Gasteiger partial charge on any atom is 0.242 e. The van der Waals surface area contributed by atoms with Crippen LogP contribution in [-0.2, 0) is 10.0 Å². The van der Waals surface area contributed by atoms with Gasteiger partial charge in [0.1, 0.15) is 4.90 Å². The average molecular weight is 286 g/mol. The van der Waals surface area contributed by atoms with E-state index in [-0.39, 0.29) is 17.3 Å². The first-order valence-electron chi connectivity index (χ1n) is 4.31. The Morgan fingerprint density at radius 3 is 2.62 bits per heavy atom. The Balaban J connectivity index is 0.00000225. The SMILES string of the molecule is CNCCNS(=O)(=O)c1cncc(Cl)c1.Cl. The molecule has 0 saturated heterocycles. The van der Waals surface area contributed by atoms with Gasteiger partial charge >= 0.3 is 0 Å². The molecule has 0 aromatic carbocycles. The highest BCUT2D eigenvalue weighted by Crippen LogP contribution is 2.12. The van der Waals surface area contributed by atoms with Crippen molar-refractivity contribution >= 4 is 34.0 Å². The van der Waals surface area contributed by atoms with Gasteiger partial charge < -0.3 is 5.32 Å². The lowest BCUT2D eigenvalue weighted by Gasteiger charge is -2.05. The molecule has 0 aliphatic rings. The van der Waals surface area contributed by atoms with Gasteiger partial charge in [-0.25, -0.2) is 13.1 Å². The Kier molecular flexibility index (Phi) is 6.85. The molecule has 8 heteroatoms. The first-order chi connectivity index (χ1) is 7.06. The molecule has 0 aliphatic carbocycles. The third-order valence-electron chi connectivity index (χ3n) is 1.66. The van der Waals surface area contributed by atoms with Crippen molar-refractivity contribution in [1.29, 1.82) is 0 Å². The van der Waals surface area contributed by atoms with Crippen LogP contribution >= 0.6 is 24.0 Å². The van der Waals surface area contributed by atoms with Crippen molar-refractivity contribution in [1.82, 2.24) is 15.0 Å². The summed E-state index contributed by atoms with van der Waals surface area (Å²) in [6.45, 7) is 0.887. The number of nitrogens with one attached hydrogen (secondary N) is 2. The molecule has 0 fully saturated rings. The molecule has 0 aliphatic heterocycles. The van der Waals surface area contributed by atoms with Crippen molar-refractivity contribution in [2.24, 2.45) is 0 Å². The third-order valence-corrected chi connectivity index (χ3v) is 3.29. The first kappa shape index (κ1) is 15.6. The molecule has 1 rings (SSSR count). The smallest absolute Gasteiger partial charge is 0.242 e. The Hall–Kier alpha value is -0.400. The van der Waals surface area contributed by atoms with Crippen LogP contribution in [0.2, 0.25) is 5.02 Å². The second-order valence-corrected chi connectivity index (χ2v) is 5.04. The molecular weight excluding hydrogens is 273 g/mol. The van der Waals surface area contributed by atoms with E-state index in [0.717, 1.165) is 0 Å². The van der Waals surface area contributed by atoms with Crippen molar-refractivity contribution in [2.75, 3.05) is 20.1 Å². The standard InChI is InChI=1S/C8H12ClN3O2S.ClH/c1-10-2-3-12-15(13,14)8-4-7(9)5-11-6-8;/h4-6,10,12H,2-3H2,1H3;1H. The van der Waals surface area contributed by atoms with E-state index in [1.54, 1.807) is 7.05 Å². The summed E-state index contributed by atoms with van der Waals surface area (Å²) in [6, 6.07) is 1.36. The monoisotopic (exact) mass is 285 g/mol. The molecule has 0 radical (unpaired) electrons. The summed E-state index contributed by atoms with van der Waals surface area (Å²) in [5, 5.41) is 3.13. The minimum atomic E-state index is -3.49. The van der Waals surface area contributed by atoms with E-state index >= 15 is 0 Å². The summed E-state index contributed by atoms with van der Waals surface area (Å²) < 4.78 is 25.7. The zero-order chi connectivity index (χ0) is 11.3. The fraction of sp³-hybridized carbons (Fsp3) is 0.375. The summed E-state index contributed by atoms with van der Waals surface area (Å²) in [5.41, 5.74) is 0. The number of sulfonamides is 1. The number of likely N-dealkylation sites (N-methyl/N-ethyl adjacent to an activating group) is 1. The van der Waals surface area contributed by atoms with Gasteiger partial charge in [-0.15, -0.1) is 12.4 Å². The zero-order valence-electron chi connectivity index (χ0n) is 8.60. The van der Waals surface area contributed by atoms with E-state index in [4.69, 9.17) is 11.6 Å². The van der Waals surface area contributed by atoms with Crippen LogP contribution in [0.1, 0.15) is 0 Å². The highest BCUT2D eigenvalue weighted by atomic mass is 35.5. The molecule has 0 saturated carbocycles. The summed E-state index contributed by atoms with van der Waals surface area (Å²) in [5.74, 6) is 0. The normalized spacial score (nSPS) is 10.9. The first-order valence-corrected chi connectivity index (χ1v) is 6.17. The average Bonchev–Trinajstić information content (AvgIpc) is 2.18. The van der Waals surface area contributed by atoms with Gasteiger partial charge in [-0.1, -0.05) is 11.6 Å². The fourth-order valence-electron chi connectivity index (χ4n) is 0.933. The van der Waals surface area contributed by atoms with Crippen LogP contribution in [0.3, 0.4) is 0 Å². The Morgan fingerprint density at radius 2 is 2.06 bits per heavy atom. The topological polar surface area (TPSA) is 71.1 Å². The second-order valence-electron chi connectivity index (χ2n) is 2.84. The van der Waals surface area contributed by atoms with Crippen molar-refractivity contribution < 1.29 is 8.42 Å². The zero-order valence-corrected chi connectivity index (χ0v) is 11.0. The van der Waals surface area contributed by atoms with Crippen LogP contribution in [-0.4, -0.2) is 33.5 Å². The summed E-state index contributed by atoms with van der Waals surface area (Å²) in [4.78, 5) is 3.79. The van der Waals surface area contributed by atoms with Gasteiger partial charge in [0.2, 0.25) is 10.0 Å². The van der Waals surface area contributed by atoms with Crippen LogP contribution in [0.4, 0.5) is 0 Å². The largest absolute Gasteiger partial charge is 0.318 e. The molecule has 1 heterocycles. The maximum absolute atomic E-state index is 11.6. The second kappa shape index (κ2) is 7.03. The molecule has 1 aromatic heterocycles. The van der Waals surface area contributed by atoms with Gasteiger partial charge in [-0.05, 0) is 13.1 Å². The molecule has 0 atom stereocenters. The Labute approximate surface area is 106 Å². The van der Waals surface area contributed by atoms with Crippen molar-refractivity contribution in [3.8, 4) is 0 Å². The van der Waals surface area contributed by atoms with E-state index in [0.29, 0.717) is 18.1 Å². The number of pyridine rings is 1. The quantitative estimate of drug-likeness (QED) is 0.780. The highest BCUT2D eigenvalue weighted by molar-refractivity contribution is 7.89. The van der Waals surface area contributed by atoms with E-state index in [1.165, 1.54) is 18.5 Å². The molecule has 2 N–H and O–H groups in total. The van der Waals surface area contributed by atoms with Crippen LogP contribution < -0.4 is 10.0 Å². The van der Waals surface area contributed by atoms with E-state index < -0.39 is 10.0 Å². The lowest BCUT2D eigenvalue weighted by atomic mass is 10.5. The van der Waals surface area contributed by atoms with Gasteiger partial charge in [0, 0.05) is 25.5 Å².